The second kappa shape index (κ2) is 11.2. The molecule has 0 saturated heterocycles. The van der Waals surface area contributed by atoms with Gasteiger partial charge in [0.1, 0.15) is 11.8 Å². The highest BCUT2D eigenvalue weighted by molar-refractivity contribution is 6.36. The van der Waals surface area contributed by atoms with Crippen LogP contribution in [-0.4, -0.2) is 36.4 Å². The fraction of sp³-hybridized carbons (Fsp3) is 0.391. The summed E-state index contributed by atoms with van der Waals surface area (Å²) in [6, 6.07) is 11.8. The van der Waals surface area contributed by atoms with E-state index in [4.69, 9.17) is 27.9 Å². The summed E-state index contributed by atoms with van der Waals surface area (Å²) in [7, 11) is 1.59. The molecule has 0 aromatic heterocycles. The predicted octanol–water partition coefficient (Wildman–Crippen LogP) is 4.73. The predicted molar refractivity (Wildman–Crippen MR) is 121 cm³/mol. The van der Waals surface area contributed by atoms with E-state index in [0.717, 1.165) is 5.56 Å². The zero-order chi connectivity index (χ0) is 22.3. The molecule has 1 N–H and O–H groups in total. The van der Waals surface area contributed by atoms with Gasteiger partial charge in [-0.25, -0.2) is 0 Å². The summed E-state index contributed by atoms with van der Waals surface area (Å²) in [6.07, 6.45) is 0.147. The van der Waals surface area contributed by atoms with Gasteiger partial charge in [-0.05, 0) is 42.7 Å². The van der Waals surface area contributed by atoms with Crippen molar-refractivity contribution in [1.29, 1.82) is 0 Å². The number of carbonyl (C=O) groups excluding carboxylic acids is 2. The summed E-state index contributed by atoms with van der Waals surface area (Å²) in [5, 5.41) is 3.81. The van der Waals surface area contributed by atoms with Crippen LogP contribution in [0.2, 0.25) is 10.0 Å². The maximum atomic E-state index is 13.2. The molecule has 2 amide bonds. The van der Waals surface area contributed by atoms with Crippen LogP contribution in [0.4, 0.5) is 0 Å². The van der Waals surface area contributed by atoms with Gasteiger partial charge in [-0.2, -0.15) is 0 Å². The number of nitrogens with one attached hydrogen (secondary N) is 1. The summed E-state index contributed by atoms with van der Waals surface area (Å²) in [6.45, 7) is 6.43. The van der Waals surface area contributed by atoms with Gasteiger partial charge >= 0.3 is 0 Å². The van der Waals surface area contributed by atoms with Gasteiger partial charge in [0.2, 0.25) is 11.8 Å². The first-order chi connectivity index (χ1) is 14.2. The lowest BCUT2D eigenvalue weighted by Crippen LogP contribution is -2.48. The molecule has 2 aromatic rings. The Labute approximate surface area is 188 Å². The zero-order valence-electron chi connectivity index (χ0n) is 17.7. The number of amides is 2. The molecule has 1 unspecified atom stereocenters. The SMILES string of the molecule is COc1ccc(CC(=O)N(Cc2c(Cl)cccc2Cl)C(C)C(=O)NCC(C)C)cc1. The highest BCUT2D eigenvalue weighted by Crippen LogP contribution is 2.27. The van der Waals surface area contributed by atoms with Crippen molar-refractivity contribution in [3.63, 3.8) is 0 Å². The average molecular weight is 451 g/mol. The van der Waals surface area contributed by atoms with Gasteiger partial charge in [0.05, 0.1) is 13.5 Å². The van der Waals surface area contributed by atoms with Crippen molar-refractivity contribution in [1.82, 2.24) is 10.2 Å². The molecule has 0 radical (unpaired) electrons. The Hall–Kier alpha value is -2.24. The molecule has 1 atom stereocenters. The van der Waals surface area contributed by atoms with Crippen molar-refractivity contribution >= 4 is 35.0 Å². The normalized spacial score (nSPS) is 11.8. The number of ether oxygens (including phenoxy) is 1. The van der Waals surface area contributed by atoms with Gasteiger partial charge in [-0.15, -0.1) is 0 Å². The highest BCUT2D eigenvalue weighted by atomic mass is 35.5. The Bertz CT molecular complexity index is 849. The molecule has 0 aliphatic rings. The number of carbonyl (C=O) groups is 2. The maximum Gasteiger partial charge on any atom is 0.242 e. The molecular weight excluding hydrogens is 423 g/mol. The first kappa shape index (κ1) is 24.0. The topological polar surface area (TPSA) is 58.6 Å². The van der Waals surface area contributed by atoms with E-state index < -0.39 is 6.04 Å². The van der Waals surface area contributed by atoms with E-state index in [1.54, 1.807) is 44.4 Å². The third-order valence-corrected chi connectivity index (χ3v) is 5.46. The van der Waals surface area contributed by atoms with Crippen LogP contribution in [0.5, 0.6) is 5.75 Å². The molecular formula is C23H28Cl2N2O3. The Kier molecular flexibility index (Phi) is 9.00. The fourth-order valence-electron chi connectivity index (χ4n) is 2.91. The molecule has 0 aliphatic heterocycles. The first-order valence-corrected chi connectivity index (χ1v) is 10.6. The number of hydrogen-bond acceptors (Lipinski definition) is 3. The van der Waals surface area contributed by atoms with Crippen molar-refractivity contribution < 1.29 is 14.3 Å². The Morgan fingerprint density at radius 2 is 1.63 bits per heavy atom. The Morgan fingerprint density at radius 1 is 1.03 bits per heavy atom. The molecule has 0 saturated carbocycles. The number of benzene rings is 2. The summed E-state index contributed by atoms with van der Waals surface area (Å²) < 4.78 is 5.17. The molecule has 5 nitrogen and oxygen atoms in total. The quantitative estimate of drug-likeness (QED) is 0.600. The van der Waals surface area contributed by atoms with Crippen molar-refractivity contribution in [2.75, 3.05) is 13.7 Å². The van der Waals surface area contributed by atoms with Crippen LogP contribution in [0.1, 0.15) is 31.9 Å². The van der Waals surface area contributed by atoms with Gasteiger partial charge < -0.3 is 15.0 Å². The molecule has 0 heterocycles. The van der Waals surface area contributed by atoms with E-state index in [0.29, 0.717) is 33.8 Å². The lowest BCUT2D eigenvalue weighted by atomic mass is 10.1. The molecule has 0 fully saturated rings. The Morgan fingerprint density at radius 3 is 2.17 bits per heavy atom. The van der Waals surface area contributed by atoms with E-state index in [1.165, 1.54) is 4.90 Å². The monoisotopic (exact) mass is 450 g/mol. The van der Waals surface area contributed by atoms with E-state index >= 15 is 0 Å². The lowest BCUT2D eigenvalue weighted by molar-refractivity contribution is -0.140. The van der Waals surface area contributed by atoms with Crippen molar-refractivity contribution in [2.24, 2.45) is 5.92 Å². The van der Waals surface area contributed by atoms with E-state index in [1.807, 2.05) is 26.0 Å². The van der Waals surface area contributed by atoms with E-state index in [-0.39, 0.29) is 24.8 Å². The van der Waals surface area contributed by atoms with Crippen LogP contribution in [0.15, 0.2) is 42.5 Å². The molecule has 2 aromatic carbocycles. The molecule has 7 heteroatoms. The van der Waals surface area contributed by atoms with Crippen LogP contribution in [0, 0.1) is 5.92 Å². The third-order valence-electron chi connectivity index (χ3n) is 4.76. The van der Waals surface area contributed by atoms with Crippen molar-refractivity contribution in [2.45, 2.75) is 39.8 Å². The van der Waals surface area contributed by atoms with E-state index in [2.05, 4.69) is 5.32 Å². The second-order valence-corrected chi connectivity index (χ2v) is 8.38. The number of halogens is 2. The number of nitrogens with zero attached hydrogens (tertiary/aromatic N) is 1. The molecule has 162 valence electrons. The van der Waals surface area contributed by atoms with Crippen LogP contribution in [-0.2, 0) is 22.6 Å². The number of rotatable bonds is 9. The number of hydrogen-bond donors (Lipinski definition) is 1. The smallest absolute Gasteiger partial charge is 0.242 e. The largest absolute Gasteiger partial charge is 0.497 e. The molecule has 0 aliphatic carbocycles. The minimum absolute atomic E-state index is 0.143. The van der Waals surface area contributed by atoms with Gasteiger partial charge in [0, 0.05) is 28.7 Å². The summed E-state index contributed by atoms with van der Waals surface area (Å²) in [5.74, 6) is 0.619. The van der Waals surface area contributed by atoms with Crippen molar-refractivity contribution in [3.05, 3.63) is 63.6 Å². The number of methoxy groups -OCH3 is 1. The van der Waals surface area contributed by atoms with Crippen LogP contribution in [0.3, 0.4) is 0 Å². The molecule has 0 spiro atoms. The van der Waals surface area contributed by atoms with Gasteiger partial charge in [-0.1, -0.05) is 55.2 Å². The maximum absolute atomic E-state index is 13.2. The fourth-order valence-corrected chi connectivity index (χ4v) is 3.43. The second-order valence-electron chi connectivity index (χ2n) is 7.56. The zero-order valence-corrected chi connectivity index (χ0v) is 19.3. The average Bonchev–Trinajstić information content (AvgIpc) is 2.71. The highest BCUT2D eigenvalue weighted by Gasteiger charge is 2.27. The summed E-state index contributed by atoms with van der Waals surface area (Å²) >= 11 is 12.6. The van der Waals surface area contributed by atoms with Gasteiger partial charge in [-0.3, -0.25) is 9.59 Å². The lowest BCUT2D eigenvalue weighted by Gasteiger charge is -2.29. The summed E-state index contributed by atoms with van der Waals surface area (Å²) in [5.41, 5.74) is 1.44. The van der Waals surface area contributed by atoms with E-state index in [9.17, 15) is 9.59 Å². The van der Waals surface area contributed by atoms with Crippen LogP contribution < -0.4 is 10.1 Å². The minimum atomic E-state index is -0.679. The molecule has 2 rings (SSSR count). The van der Waals surface area contributed by atoms with Crippen LogP contribution in [0.25, 0.3) is 0 Å². The minimum Gasteiger partial charge on any atom is -0.497 e. The third kappa shape index (κ3) is 6.64. The molecule has 30 heavy (non-hydrogen) atoms. The van der Waals surface area contributed by atoms with Gasteiger partial charge in [0.25, 0.3) is 0 Å². The summed E-state index contributed by atoms with van der Waals surface area (Å²) in [4.78, 5) is 27.4. The standard InChI is InChI=1S/C23H28Cl2N2O3/c1-15(2)13-26-23(29)16(3)27(14-19-20(24)6-5-7-21(19)25)22(28)12-17-8-10-18(30-4)11-9-17/h5-11,15-16H,12-14H2,1-4H3,(H,26,29). The van der Waals surface area contributed by atoms with Gasteiger partial charge in [0.15, 0.2) is 0 Å². The first-order valence-electron chi connectivity index (χ1n) is 9.86. The molecule has 0 bridgehead atoms. The van der Waals surface area contributed by atoms with Crippen LogP contribution >= 0.6 is 23.2 Å². The Balaban J connectivity index is 2.26. The van der Waals surface area contributed by atoms with Crippen molar-refractivity contribution in [3.8, 4) is 5.75 Å².